The van der Waals surface area contributed by atoms with Gasteiger partial charge in [-0.15, -0.1) is 16.4 Å². The fourth-order valence-electron chi connectivity index (χ4n) is 2.36. The Bertz CT molecular complexity index is 595. The van der Waals surface area contributed by atoms with E-state index in [1.54, 1.807) is 28.4 Å². The Morgan fingerprint density at radius 3 is 3.25 bits per heavy atom. The van der Waals surface area contributed by atoms with Crippen LogP contribution in [0.15, 0.2) is 12.4 Å². The third-order valence-electron chi connectivity index (χ3n) is 3.34. The zero-order valence-corrected chi connectivity index (χ0v) is 11.6. The van der Waals surface area contributed by atoms with Crippen molar-refractivity contribution in [1.82, 2.24) is 20.0 Å². The van der Waals surface area contributed by atoms with E-state index in [0.29, 0.717) is 19.5 Å². The van der Waals surface area contributed by atoms with E-state index in [-0.39, 0.29) is 0 Å². The molecule has 8 heteroatoms. The van der Waals surface area contributed by atoms with E-state index in [4.69, 9.17) is 0 Å². The van der Waals surface area contributed by atoms with Crippen LogP contribution >= 0.6 is 11.3 Å². The van der Waals surface area contributed by atoms with Crippen LogP contribution in [-0.2, 0) is 17.8 Å². The highest BCUT2D eigenvalue weighted by molar-refractivity contribution is 7.15. The van der Waals surface area contributed by atoms with Crippen molar-refractivity contribution in [2.24, 2.45) is 0 Å². The van der Waals surface area contributed by atoms with Gasteiger partial charge in [-0.3, -0.25) is 9.48 Å². The van der Waals surface area contributed by atoms with E-state index in [0.717, 1.165) is 28.5 Å². The Hall–Kier alpha value is -1.96. The number of nitrogens with one attached hydrogen (secondary N) is 1. The summed E-state index contributed by atoms with van der Waals surface area (Å²) < 4.78 is 1.74. The summed E-state index contributed by atoms with van der Waals surface area (Å²) in [5, 5.41) is 20.9. The topological polar surface area (TPSA) is 92.9 Å². The number of anilines is 1. The fraction of sp³-hybridized carbons (Fsp3) is 0.500. The second kappa shape index (κ2) is 5.58. The lowest BCUT2D eigenvalue weighted by atomic mass is 9.91. The SMILES string of the molecule is O=C(O)C1CCCc2sc(NCCn3ccnn3)nc21. The van der Waals surface area contributed by atoms with Crippen LogP contribution in [0.3, 0.4) is 0 Å². The van der Waals surface area contributed by atoms with Crippen LogP contribution in [-0.4, -0.2) is 37.6 Å². The highest BCUT2D eigenvalue weighted by Gasteiger charge is 2.29. The van der Waals surface area contributed by atoms with Gasteiger partial charge in [-0.25, -0.2) is 4.98 Å². The van der Waals surface area contributed by atoms with Gasteiger partial charge in [-0.1, -0.05) is 5.21 Å². The molecule has 0 fully saturated rings. The molecule has 0 aliphatic heterocycles. The minimum atomic E-state index is -0.773. The Morgan fingerprint density at radius 1 is 1.60 bits per heavy atom. The quantitative estimate of drug-likeness (QED) is 0.864. The summed E-state index contributed by atoms with van der Waals surface area (Å²) in [6, 6.07) is 0. The lowest BCUT2D eigenvalue weighted by Crippen LogP contribution is -2.17. The highest BCUT2D eigenvalue weighted by Crippen LogP contribution is 2.36. The van der Waals surface area contributed by atoms with Gasteiger partial charge in [0.2, 0.25) is 0 Å². The van der Waals surface area contributed by atoms with Gasteiger partial charge in [0.1, 0.15) is 5.92 Å². The van der Waals surface area contributed by atoms with Crippen LogP contribution in [0.2, 0.25) is 0 Å². The Labute approximate surface area is 119 Å². The first-order valence-corrected chi connectivity index (χ1v) is 7.36. The molecule has 1 unspecified atom stereocenters. The number of rotatable bonds is 5. The van der Waals surface area contributed by atoms with Gasteiger partial charge in [0.25, 0.3) is 0 Å². The second-order valence-corrected chi connectivity index (χ2v) is 5.79. The van der Waals surface area contributed by atoms with Crippen molar-refractivity contribution in [3.8, 4) is 0 Å². The number of aliphatic carboxylic acids is 1. The number of carboxylic acids is 1. The Kier molecular flexibility index (Phi) is 3.64. The van der Waals surface area contributed by atoms with Crippen LogP contribution in [0, 0.1) is 0 Å². The first kappa shape index (κ1) is 13.0. The molecule has 106 valence electrons. The van der Waals surface area contributed by atoms with Gasteiger partial charge < -0.3 is 10.4 Å². The summed E-state index contributed by atoms with van der Waals surface area (Å²) >= 11 is 1.56. The Morgan fingerprint density at radius 2 is 2.50 bits per heavy atom. The maximum Gasteiger partial charge on any atom is 0.312 e. The second-order valence-electron chi connectivity index (χ2n) is 4.70. The van der Waals surface area contributed by atoms with Crippen molar-refractivity contribution in [3.05, 3.63) is 23.0 Å². The molecular formula is C12H15N5O2S. The maximum absolute atomic E-state index is 11.2. The molecule has 0 bridgehead atoms. The summed E-state index contributed by atoms with van der Waals surface area (Å²) in [5.74, 6) is -1.22. The van der Waals surface area contributed by atoms with E-state index < -0.39 is 11.9 Å². The standard InChI is InChI=1S/C12H15N5O2S/c18-11(19)8-2-1-3-9-10(8)15-12(20-9)13-4-6-17-7-5-14-16-17/h5,7-8H,1-4,6H2,(H,13,15)(H,18,19). The number of hydrogen-bond acceptors (Lipinski definition) is 6. The summed E-state index contributed by atoms with van der Waals surface area (Å²) in [7, 11) is 0. The molecule has 0 saturated heterocycles. The number of aryl methyl sites for hydroxylation is 1. The average Bonchev–Trinajstić information content (AvgIpc) is 3.06. The molecule has 1 atom stereocenters. The van der Waals surface area contributed by atoms with E-state index in [2.05, 4.69) is 20.6 Å². The molecule has 2 aromatic rings. The van der Waals surface area contributed by atoms with Gasteiger partial charge in [0.05, 0.1) is 18.4 Å². The fourth-order valence-corrected chi connectivity index (χ4v) is 3.45. The molecule has 1 aliphatic carbocycles. The molecule has 1 aliphatic rings. The van der Waals surface area contributed by atoms with Gasteiger partial charge >= 0.3 is 5.97 Å². The van der Waals surface area contributed by atoms with E-state index in [9.17, 15) is 9.90 Å². The molecule has 0 spiro atoms. The predicted molar refractivity (Wildman–Crippen MR) is 73.9 cm³/mol. The lowest BCUT2D eigenvalue weighted by molar-refractivity contribution is -0.139. The molecule has 2 aromatic heterocycles. The molecule has 0 amide bonds. The molecule has 20 heavy (non-hydrogen) atoms. The highest BCUT2D eigenvalue weighted by atomic mass is 32.1. The number of carboxylic acid groups (broad SMARTS) is 1. The summed E-state index contributed by atoms with van der Waals surface area (Å²) in [6.45, 7) is 1.39. The van der Waals surface area contributed by atoms with Crippen LogP contribution in [0.25, 0.3) is 0 Å². The minimum absolute atomic E-state index is 0.444. The summed E-state index contributed by atoms with van der Waals surface area (Å²) in [5.41, 5.74) is 0.747. The van der Waals surface area contributed by atoms with E-state index in [1.165, 1.54) is 0 Å². The predicted octanol–water partition coefficient (Wildman–Crippen LogP) is 1.35. The number of aromatic nitrogens is 4. The molecule has 2 N–H and O–H groups in total. The van der Waals surface area contributed by atoms with Gasteiger partial charge in [0, 0.05) is 17.6 Å². The smallest absolute Gasteiger partial charge is 0.312 e. The van der Waals surface area contributed by atoms with Crippen LogP contribution in [0.1, 0.15) is 29.3 Å². The number of carbonyl (C=O) groups is 1. The molecular weight excluding hydrogens is 278 g/mol. The molecule has 0 radical (unpaired) electrons. The lowest BCUT2D eigenvalue weighted by Gasteiger charge is -2.16. The van der Waals surface area contributed by atoms with Gasteiger partial charge in [0.15, 0.2) is 5.13 Å². The van der Waals surface area contributed by atoms with Crippen LogP contribution in [0.5, 0.6) is 0 Å². The first-order valence-electron chi connectivity index (χ1n) is 6.54. The van der Waals surface area contributed by atoms with Crippen molar-refractivity contribution in [2.75, 3.05) is 11.9 Å². The molecule has 3 rings (SSSR count). The molecule has 0 aromatic carbocycles. The van der Waals surface area contributed by atoms with Crippen LogP contribution in [0.4, 0.5) is 5.13 Å². The van der Waals surface area contributed by atoms with E-state index >= 15 is 0 Å². The van der Waals surface area contributed by atoms with Crippen LogP contribution < -0.4 is 5.32 Å². The van der Waals surface area contributed by atoms with Gasteiger partial charge in [-0.05, 0) is 19.3 Å². The monoisotopic (exact) mass is 293 g/mol. The zero-order chi connectivity index (χ0) is 13.9. The summed E-state index contributed by atoms with van der Waals surface area (Å²) in [4.78, 5) is 16.8. The summed E-state index contributed by atoms with van der Waals surface area (Å²) in [6.07, 6.45) is 5.98. The minimum Gasteiger partial charge on any atom is -0.481 e. The first-order chi connectivity index (χ1) is 9.74. The number of thiazole rings is 1. The van der Waals surface area contributed by atoms with Crippen molar-refractivity contribution in [3.63, 3.8) is 0 Å². The zero-order valence-electron chi connectivity index (χ0n) is 10.8. The van der Waals surface area contributed by atoms with Crippen molar-refractivity contribution in [1.29, 1.82) is 0 Å². The third kappa shape index (κ3) is 2.64. The van der Waals surface area contributed by atoms with Crippen molar-refractivity contribution in [2.45, 2.75) is 31.7 Å². The number of nitrogens with zero attached hydrogens (tertiary/aromatic N) is 4. The van der Waals surface area contributed by atoms with E-state index in [1.807, 2.05) is 0 Å². The van der Waals surface area contributed by atoms with Crippen molar-refractivity contribution < 1.29 is 9.90 Å². The largest absolute Gasteiger partial charge is 0.481 e. The molecule has 2 heterocycles. The maximum atomic E-state index is 11.2. The van der Waals surface area contributed by atoms with Crippen molar-refractivity contribution >= 4 is 22.4 Å². The molecule has 7 nitrogen and oxygen atoms in total. The number of hydrogen-bond donors (Lipinski definition) is 2. The molecule has 0 saturated carbocycles. The Balaban J connectivity index is 1.65. The number of fused-ring (bicyclic) bond motifs is 1. The third-order valence-corrected chi connectivity index (χ3v) is 4.43. The average molecular weight is 293 g/mol. The normalized spacial score (nSPS) is 17.7. The van der Waals surface area contributed by atoms with Gasteiger partial charge in [-0.2, -0.15) is 0 Å².